The summed E-state index contributed by atoms with van der Waals surface area (Å²) in [4.78, 5) is 31.1. The number of carbonyl (C=O) groups excluding carboxylic acids is 1. The van der Waals surface area contributed by atoms with E-state index in [-0.39, 0.29) is 11.1 Å². The summed E-state index contributed by atoms with van der Waals surface area (Å²) < 4.78 is 30.2. The average molecular weight is 361 g/mol. The number of carbonyl (C=O) groups is 1. The normalized spacial score (nSPS) is 12.8. The molecule has 0 spiro atoms. The number of benzene rings is 1. The van der Waals surface area contributed by atoms with E-state index < -0.39 is 23.8 Å². The molecule has 0 saturated heterocycles. The topological polar surface area (TPSA) is 77.8 Å². The van der Waals surface area contributed by atoms with Crippen molar-refractivity contribution >= 4 is 28.6 Å². The molecule has 0 aliphatic rings. The van der Waals surface area contributed by atoms with Crippen molar-refractivity contribution < 1.29 is 11.9 Å². The van der Waals surface area contributed by atoms with Gasteiger partial charge in [0, 0.05) is 39.2 Å². The first-order valence-corrected chi connectivity index (χ1v) is 8.75. The number of nitrogens with one attached hydrogen (secondary N) is 3. The van der Waals surface area contributed by atoms with Gasteiger partial charge in [-0.2, -0.15) is 0 Å². The summed E-state index contributed by atoms with van der Waals surface area (Å²) in [6.45, 7) is 0.928. The lowest BCUT2D eigenvalue weighted by molar-refractivity contribution is 0.0951. The Labute approximate surface area is 150 Å². The van der Waals surface area contributed by atoms with E-state index >= 15 is 0 Å². The number of amides is 1. The zero-order valence-corrected chi connectivity index (χ0v) is 14.7. The van der Waals surface area contributed by atoms with Gasteiger partial charge in [0.25, 0.3) is 11.5 Å². The zero-order valence-electron chi connectivity index (χ0n) is 15.9. The fourth-order valence-corrected chi connectivity index (χ4v) is 3.35. The summed E-state index contributed by atoms with van der Waals surface area (Å²) in [6, 6.07) is 5.66. The maximum Gasteiger partial charge on any atom is 0.254 e. The van der Waals surface area contributed by atoms with Crippen molar-refractivity contribution in [3.05, 3.63) is 63.0 Å². The maximum atomic E-state index is 13.6. The van der Waals surface area contributed by atoms with Crippen molar-refractivity contribution in [2.24, 2.45) is 0 Å². The summed E-state index contributed by atoms with van der Waals surface area (Å²) in [5.41, 5.74) is 1.01. The van der Waals surface area contributed by atoms with E-state index in [4.69, 9.17) is 2.74 Å². The van der Waals surface area contributed by atoms with Crippen molar-refractivity contribution in [3.63, 3.8) is 0 Å². The van der Waals surface area contributed by atoms with Crippen LogP contribution in [0.4, 0.5) is 4.39 Å². The number of thioether (sulfide) groups is 1. The van der Waals surface area contributed by atoms with Crippen molar-refractivity contribution in [3.8, 4) is 0 Å². The van der Waals surface area contributed by atoms with Gasteiger partial charge in [-0.1, -0.05) is 0 Å². The predicted molar refractivity (Wildman–Crippen MR) is 97.7 cm³/mol. The Morgan fingerprint density at radius 3 is 2.80 bits per heavy atom. The number of aryl methyl sites for hydroxylation is 2. The Kier molecular flexibility index (Phi) is 3.99. The van der Waals surface area contributed by atoms with Crippen LogP contribution in [-0.4, -0.2) is 22.1 Å². The number of halogens is 1. The van der Waals surface area contributed by atoms with E-state index in [0.717, 1.165) is 0 Å². The Hall–Kier alpha value is -2.54. The van der Waals surface area contributed by atoms with Crippen LogP contribution in [0.5, 0.6) is 0 Å². The minimum atomic E-state index is -2.42. The van der Waals surface area contributed by atoms with Crippen LogP contribution in [0.15, 0.2) is 34.0 Å². The quantitative estimate of drug-likeness (QED) is 0.624. The summed E-state index contributed by atoms with van der Waals surface area (Å²) in [7, 11) is 0. The molecule has 0 bridgehead atoms. The molecule has 0 unspecified atom stereocenters. The highest BCUT2D eigenvalue weighted by atomic mass is 32.2. The molecule has 1 aromatic carbocycles. The van der Waals surface area contributed by atoms with Crippen LogP contribution in [0.2, 0.25) is 0 Å². The highest BCUT2D eigenvalue weighted by molar-refractivity contribution is 7.98. The number of rotatable bonds is 4. The Balaban J connectivity index is 2.05. The molecular weight excluding hydrogens is 341 g/mol. The molecule has 0 aliphatic heterocycles. The molecule has 5 nitrogen and oxygen atoms in total. The van der Waals surface area contributed by atoms with Gasteiger partial charge in [0.2, 0.25) is 0 Å². The molecule has 3 N–H and O–H groups in total. The van der Waals surface area contributed by atoms with Gasteiger partial charge in [-0.15, -0.1) is 11.8 Å². The lowest BCUT2D eigenvalue weighted by Crippen LogP contribution is -2.28. The number of aromatic amines is 2. The van der Waals surface area contributed by atoms with Crippen LogP contribution in [0.25, 0.3) is 10.9 Å². The second-order valence-electron chi connectivity index (χ2n) is 5.62. The molecule has 2 heterocycles. The van der Waals surface area contributed by atoms with E-state index in [0.29, 0.717) is 27.2 Å². The highest BCUT2D eigenvalue weighted by Crippen LogP contribution is 2.23. The van der Waals surface area contributed by atoms with Gasteiger partial charge in [-0.3, -0.25) is 9.59 Å². The van der Waals surface area contributed by atoms with Gasteiger partial charge in [-0.25, -0.2) is 4.39 Å². The lowest BCUT2D eigenvalue weighted by Gasteiger charge is -2.09. The molecule has 3 aromatic rings. The van der Waals surface area contributed by atoms with Gasteiger partial charge in [-0.05, 0) is 44.4 Å². The third-order valence-corrected chi connectivity index (χ3v) is 4.59. The Bertz CT molecular complexity index is 1110. The minimum Gasteiger partial charge on any atom is -0.358 e. The molecular formula is C18H18FN3O2S. The van der Waals surface area contributed by atoms with Gasteiger partial charge in [0.15, 0.2) is 0 Å². The second kappa shape index (κ2) is 6.76. The van der Waals surface area contributed by atoms with Crippen LogP contribution in [0, 0.1) is 19.7 Å². The lowest BCUT2D eigenvalue weighted by atomic mass is 10.1. The molecule has 25 heavy (non-hydrogen) atoms. The molecule has 0 radical (unpaired) electrons. The minimum absolute atomic E-state index is 0.141. The number of hydrogen-bond acceptors (Lipinski definition) is 3. The van der Waals surface area contributed by atoms with Gasteiger partial charge in [0.05, 0.1) is 8.30 Å². The molecule has 7 heteroatoms. The smallest absolute Gasteiger partial charge is 0.254 e. The fraction of sp³-hybridized carbons (Fsp3) is 0.222. The van der Waals surface area contributed by atoms with Crippen LogP contribution in [-0.2, 0) is 6.50 Å². The number of aromatic nitrogens is 2. The van der Waals surface area contributed by atoms with Gasteiger partial charge >= 0.3 is 0 Å². The first-order valence-electron chi connectivity index (χ1n) is 8.52. The SMILES string of the molecule is [2H]C([2H])(NC(=O)c1c(C)[nH]c2ccc(F)cc12)c1c(SC)cc(C)[nH]c1=O. The zero-order chi connectivity index (χ0) is 19.9. The van der Waals surface area contributed by atoms with Gasteiger partial charge in [0.1, 0.15) is 5.82 Å². The third-order valence-electron chi connectivity index (χ3n) is 3.83. The highest BCUT2D eigenvalue weighted by Gasteiger charge is 2.17. The first-order chi connectivity index (χ1) is 12.6. The van der Waals surface area contributed by atoms with E-state index in [9.17, 15) is 14.0 Å². The number of hydrogen-bond donors (Lipinski definition) is 3. The third kappa shape index (κ3) is 3.32. The molecule has 0 aliphatic carbocycles. The Morgan fingerprint density at radius 1 is 1.32 bits per heavy atom. The molecule has 130 valence electrons. The molecule has 2 aromatic heterocycles. The van der Waals surface area contributed by atoms with E-state index in [1.807, 2.05) is 0 Å². The second-order valence-corrected chi connectivity index (χ2v) is 6.47. The van der Waals surface area contributed by atoms with Crippen molar-refractivity contribution in [2.75, 3.05) is 6.26 Å². The summed E-state index contributed by atoms with van der Waals surface area (Å²) in [5, 5.41) is 2.63. The molecule has 0 saturated carbocycles. The number of pyridine rings is 1. The van der Waals surface area contributed by atoms with Crippen LogP contribution < -0.4 is 10.9 Å². The van der Waals surface area contributed by atoms with Crippen molar-refractivity contribution in [1.82, 2.24) is 15.3 Å². The summed E-state index contributed by atoms with van der Waals surface area (Å²) in [6.07, 6.45) is 1.72. The van der Waals surface area contributed by atoms with E-state index in [1.165, 1.54) is 30.0 Å². The summed E-state index contributed by atoms with van der Waals surface area (Å²) in [5.74, 6) is -1.24. The van der Waals surface area contributed by atoms with Crippen LogP contribution in [0.1, 0.15) is 30.1 Å². The first kappa shape index (κ1) is 14.8. The van der Waals surface area contributed by atoms with E-state index in [2.05, 4.69) is 15.3 Å². The van der Waals surface area contributed by atoms with Crippen LogP contribution in [0.3, 0.4) is 0 Å². The molecule has 1 amide bonds. The standard InChI is InChI=1S/C18H18FN3O2S/c1-9-6-15(25-3)13(17(23)21-9)8-20-18(24)16-10(2)22-14-5-4-11(19)7-12(14)16/h4-7,22H,8H2,1-3H3,(H,20,24)(H,21,23)/i8D2. The van der Waals surface area contributed by atoms with Crippen LogP contribution >= 0.6 is 11.8 Å². The van der Waals surface area contributed by atoms with E-state index in [1.54, 1.807) is 26.2 Å². The number of H-pyrrole nitrogens is 2. The van der Waals surface area contributed by atoms with Gasteiger partial charge < -0.3 is 15.3 Å². The molecule has 3 rings (SSSR count). The molecule has 0 atom stereocenters. The average Bonchev–Trinajstić information content (AvgIpc) is 2.88. The molecule has 0 fully saturated rings. The predicted octanol–water partition coefficient (Wildman–Crippen LogP) is 3.26. The Morgan fingerprint density at radius 2 is 2.08 bits per heavy atom. The monoisotopic (exact) mass is 361 g/mol. The van der Waals surface area contributed by atoms with Crippen molar-refractivity contribution in [1.29, 1.82) is 0 Å². The fourth-order valence-electron chi connectivity index (χ4n) is 2.71. The maximum absolute atomic E-state index is 13.6. The largest absolute Gasteiger partial charge is 0.358 e. The summed E-state index contributed by atoms with van der Waals surface area (Å²) >= 11 is 1.22. The van der Waals surface area contributed by atoms with Crippen molar-refractivity contribution in [2.45, 2.75) is 25.2 Å². The number of fused-ring (bicyclic) bond motifs is 1.